The van der Waals surface area contributed by atoms with Crippen molar-refractivity contribution in [2.45, 2.75) is 27.7 Å². The predicted molar refractivity (Wildman–Crippen MR) is 82.4 cm³/mol. The summed E-state index contributed by atoms with van der Waals surface area (Å²) in [5.41, 5.74) is 3.90. The van der Waals surface area contributed by atoms with E-state index in [1.54, 1.807) is 0 Å². The molecule has 0 fully saturated rings. The summed E-state index contributed by atoms with van der Waals surface area (Å²) in [6.45, 7) is 8.90. The van der Waals surface area contributed by atoms with Crippen LogP contribution >= 0.6 is 0 Å². The molecule has 0 saturated carbocycles. The fraction of sp³-hybridized carbons (Fsp3) is 0.353. The lowest BCUT2D eigenvalue weighted by Gasteiger charge is -2.10. The van der Waals surface area contributed by atoms with Crippen LogP contribution in [0.5, 0.6) is 0 Å². The van der Waals surface area contributed by atoms with Crippen LogP contribution < -0.4 is 5.32 Å². The quantitative estimate of drug-likeness (QED) is 0.906. The summed E-state index contributed by atoms with van der Waals surface area (Å²) in [5, 5.41) is 2.98. The van der Waals surface area contributed by atoms with Gasteiger partial charge in [-0.05, 0) is 38.0 Å². The zero-order valence-corrected chi connectivity index (χ0v) is 12.6. The van der Waals surface area contributed by atoms with E-state index in [9.17, 15) is 4.79 Å². The first-order valence-electron chi connectivity index (χ1n) is 7.03. The highest BCUT2D eigenvalue weighted by atomic mass is 16.1. The standard InChI is InChI=1S/C17H22N2O/c1-12(2)11-18-17(20)16-10-13(3)19(14(16)4)15-8-6-5-7-9-15/h5-10,12H,11H2,1-4H3,(H,18,20). The minimum Gasteiger partial charge on any atom is -0.352 e. The Morgan fingerprint density at radius 2 is 1.85 bits per heavy atom. The van der Waals surface area contributed by atoms with E-state index in [-0.39, 0.29) is 5.91 Å². The highest BCUT2D eigenvalue weighted by Gasteiger charge is 2.16. The van der Waals surface area contributed by atoms with Gasteiger partial charge in [0.2, 0.25) is 0 Å². The molecule has 106 valence electrons. The summed E-state index contributed by atoms with van der Waals surface area (Å²) in [5.74, 6) is 0.463. The molecule has 0 saturated heterocycles. The molecule has 1 amide bonds. The second kappa shape index (κ2) is 5.95. The van der Waals surface area contributed by atoms with E-state index in [2.05, 4.69) is 35.9 Å². The Morgan fingerprint density at radius 1 is 1.20 bits per heavy atom. The molecule has 2 aromatic rings. The second-order valence-electron chi connectivity index (χ2n) is 5.56. The number of nitrogens with zero attached hydrogens (tertiary/aromatic N) is 1. The monoisotopic (exact) mass is 270 g/mol. The molecule has 1 heterocycles. The third-order valence-corrected chi connectivity index (χ3v) is 3.36. The summed E-state index contributed by atoms with van der Waals surface area (Å²) < 4.78 is 2.12. The SMILES string of the molecule is Cc1cc(C(=O)NCC(C)C)c(C)n1-c1ccccc1. The van der Waals surface area contributed by atoms with Crippen molar-refractivity contribution in [2.24, 2.45) is 5.92 Å². The van der Waals surface area contributed by atoms with E-state index in [1.165, 1.54) is 0 Å². The number of hydrogen-bond donors (Lipinski definition) is 1. The first kappa shape index (κ1) is 14.4. The summed E-state index contributed by atoms with van der Waals surface area (Å²) in [6.07, 6.45) is 0. The van der Waals surface area contributed by atoms with Crippen LogP contribution in [0.25, 0.3) is 5.69 Å². The number of para-hydroxylation sites is 1. The van der Waals surface area contributed by atoms with Crippen LogP contribution in [0.2, 0.25) is 0 Å². The van der Waals surface area contributed by atoms with E-state index >= 15 is 0 Å². The number of carbonyl (C=O) groups excluding carboxylic acids is 1. The molecule has 1 aromatic carbocycles. The molecule has 3 nitrogen and oxygen atoms in total. The van der Waals surface area contributed by atoms with E-state index < -0.39 is 0 Å². The third-order valence-electron chi connectivity index (χ3n) is 3.36. The van der Waals surface area contributed by atoms with Crippen LogP contribution in [0.3, 0.4) is 0 Å². The highest BCUT2D eigenvalue weighted by Crippen LogP contribution is 2.20. The van der Waals surface area contributed by atoms with E-state index in [0.717, 1.165) is 22.6 Å². The lowest BCUT2D eigenvalue weighted by atomic mass is 10.2. The van der Waals surface area contributed by atoms with Gasteiger partial charge in [-0.3, -0.25) is 4.79 Å². The first-order chi connectivity index (χ1) is 9.50. The number of carbonyl (C=O) groups is 1. The van der Waals surface area contributed by atoms with Crippen LogP contribution in [-0.2, 0) is 0 Å². The number of aromatic nitrogens is 1. The maximum Gasteiger partial charge on any atom is 0.253 e. The Balaban J connectivity index is 2.32. The van der Waals surface area contributed by atoms with E-state index in [1.807, 2.05) is 38.1 Å². The lowest BCUT2D eigenvalue weighted by molar-refractivity contribution is 0.0948. The van der Waals surface area contributed by atoms with Gasteiger partial charge < -0.3 is 9.88 Å². The van der Waals surface area contributed by atoms with Crippen molar-refractivity contribution in [3.05, 3.63) is 53.3 Å². The van der Waals surface area contributed by atoms with Gasteiger partial charge in [0, 0.05) is 23.6 Å². The van der Waals surface area contributed by atoms with E-state index in [4.69, 9.17) is 0 Å². The zero-order valence-electron chi connectivity index (χ0n) is 12.6. The maximum atomic E-state index is 12.2. The Morgan fingerprint density at radius 3 is 2.45 bits per heavy atom. The van der Waals surface area contributed by atoms with Crippen molar-refractivity contribution >= 4 is 5.91 Å². The number of amides is 1. The zero-order chi connectivity index (χ0) is 14.7. The molecule has 1 aromatic heterocycles. The molecular weight excluding hydrogens is 248 g/mol. The minimum absolute atomic E-state index is 0.00832. The molecule has 0 aliphatic carbocycles. The molecule has 3 heteroatoms. The van der Waals surface area contributed by atoms with Crippen molar-refractivity contribution in [1.82, 2.24) is 9.88 Å². The van der Waals surface area contributed by atoms with Gasteiger partial charge in [-0.25, -0.2) is 0 Å². The fourth-order valence-electron chi connectivity index (χ4n) is 2.36. The van der Waals surface area contributed by atoms with Crippen molar-refractivity contribution in [3.8, 4) is 5.69 Å². The second-order valence-corrected chi connectivity index (χ2v) is 5.56. The summed E-state index contributed by atoms with van der Waals surface area (Å²) in [4.78, 5) is 12.2. The molecule has 1 N–H and O–H groups in total. The molecular formula is C17H22N2O. The van der Waals surface area contributed by atoms with Crippen molar-refractivity contribution in [2.75, 3.05) is 6.54 Å². The van der Waals surface area contributed by atoms with Crippen LogP contribution in [-0.4, -0.2) is 17.0 Å². The summed E-state index contributed by atoms with van der Waals surface area (Å²) in [7, 11) is 0. The number of rotatable bonds is 4. The smallest absolute Gasteiger partial charge is 0.253 e. The normalized spacial score (nSPS) is 10.8. The molecule has 0 atom stereocenters. The molecule has 20 heavy (non-hydrogen) atoms. The number of nitrogens with one attached hydrogen (secondary N) is 1. The van der Waals surface area contributed by atoms with Gasteiger partial charge in [-0.1, -0.05) is 32.0 Å². The van der Waals surface area contributed by atoms with Gasteiger partial charge in [0.05, 0.1) is 5.56 Å². The number of benzene rings is 1. The summed E-state index contributed by atoms with van der Waals surface area (Å²) in [6, 6.07) is 12.1. The Bertz CT molecular complexity index is 597. The maximum absolute atomic E-state index is 12.2. The van der Waals surface area contributed by atoms with Crippen LogP contribution in [0.15, 0.2) is 36.4 Å². The molecule has 0 aliphatic heterocycles. The first-order valence-corrected chi connectivity index (χ1v) is 7.03. The third kappa shape index (κ3) is 2.93. The Hall–Kier alpha value is -2.03. The average molecular weight is 270 g/mol. The topological polar surface area (TPSA) is 34.0 Å². The predicted octanol–water partition coefficient (Wildman–Crippen LogP) is 3.48. The number of hydrogen-bond acceptors (Lipinski definition) is 1. The Kier molecular flexibility index (Phi) is 4.28. The summed E-state index contributed by atoms with van der Waals surface area (Å²) >= 11 is 0. The highest BCUT2D eigenvalue weighted by molar-refractivity contribution is 5.95. The van der Waals surface area contributed by atoms with Gasteiger partial charge in [0.15, 0.2) is 0 Å². The molecule has 0 radical (unpaired) electrons. The fourth-order valence-corrected chi connectivity index (χ4v) is 2.36. The van der Waals surface area contributed by atoms with Crippen molar-refractivity contribution in [1.29, 1.82) is 0 Å². The average Bonchev–Trinajstić information content (AvgIpc) is 2.72. The molecule has 0 aliphatic rings. The van der Waals surface area contributed by atoms with Gasteiger partial charge >= 0.3 is 0 Å². The molecule has 2 rings (SSSR count). The van der Waals surface area contributed by atoms with Gasteiger partial charge in [-0.15, -0.1) is 0 Å². The van der Waals surface area contributed by atoms with Gasteiger partial charge in [0.25, 0.3) is 5.91 Å². The lowest BCUT2D eigenvalue weighted by Crippen LogP contribution is -2.27. The van der Waals surface area contributed by atoms with Gasteiger partial charge in [-0.2, -0.15) is 0 Å². The minimum atomic E-state index is 0.00832. The van der Waals surface area contributed by atoms with Crippen LogP contribution in [0, 0.1) is 19.8 Å². The molecule has 0 unspecified atom stereocenters. The largest absolute Gasteiger partial charge is 0.352 e. The van der Waals surface area contributed by atoms with Crippen molar-refractivity contribution < 1.29 is 4.79 Å². The van der Waals surface area contributed by atoms with Crippen LogP contribution in [0.4, 0.5) is 0 Å². The van der Waals surface area contributed by atoms with E-state index in [0.29, 0.717) is 12.5 Å². The number of aryl methyl sites for hydroxylation is 1. The van der Waals surface area contributed by atoms with Gasteiger partial charge in [0.1, 0.15) is 0 Å². The van der Waals surface area contributed by atoms with Crippen molar-refractivity contribution in [3.63, 3.8) is 0 Å². The Labute approximate surface area is 120 Å². The molecule has 0 bridgehead atoms. The van der Waals surface area contributed by atoms with Crippen LogP contribution in [0.1, 0.15) is 35.6 Å². The molecule has 0 spiro atoms.